The predicted octanol–water partition coefficient (Wildman–Crippen LogP) is 10.6. The summed E-state index contributed by atoms with van der Waals surface area (Å²) in [7, 11) is 0. The van der Waals surface area contributed by atoms with Crippen LogP contribution < -0.4 is 0 Å². The van der Waals surface area contributed by atoms with Gasteiger partial charge in [-0.2, -0.15) is 0 Å². The second-order valence-corrected chi connectivity index (χ2v) is 11.6. The van der Waals surface area contributed by atoms with Gasteiger partial charge in [-0.1, -0.05) is 127 Å². The molecule has 0 radical (unpaired) electrons. The van der Waals surface area contributed by atoms with E-state index in [1.54, 1.807) is 5.57 Å². The fraction of sp³-hybridized carbons (Fsp3) is 0.758. The highest BCUT2D eigenvalue weighted by Gasteiger charge is 2.22. The van der Waals surface area contributed by atoms with E-state index in [1.807, 2.05) is 0 Å². The minimum absolute atomic E-state index is 0.975. The van der Waals surface area contributed by atoms with Crippen LogP contribution in [0.15, 0.2) is 35.9 Å². The van der Waals surface area contributed by atoms with Crippen LogP contribution in [0.4, 0.5) is 0 Å². The molecule has 0 spiro atoms. The van der Waals surface area contributed by atoms with Gasteiger partial charge in [0.05, 0.1) is 0 Å². The van der Waals surface area contributed by atoms with Crippen LogP contribution in [0, 0.1) is 17.8 Å². The molecule has 2 aliphatic rings. The number of benzene rings is 1. The predicted molar refractivity (Wildman–Crippen MR) is 147 cm³/mol. The second kappa shape index (κ2) is 15.8. The SMILES string of the molecule is CCCCCCC1CCC(CCC2CC=C(CCc3ccc(CCCCC)cc3)CC2)CC1. The molecule has 1 aromatic carbocycles. The number of rotatable bonds is 15. The first-order chi connectivity index (χ1) is 16.3. The van der Waals surface area contributed by atoms with E-state index in [2.05, 4.69) is 44.2 Å². The molecule has 0 saturated heterocycles. The third-order valence-electron chi connectivity index (χ3n) is 8.86. The monoisotopic (exact) mass is 450 g/mol. The van der Waals surface area contributed by atoms with E-state index >= 15 is 0 Å². The molecule has 0 amide bonds. The Labute approximate surface area is 207 Å². The van der Waals surface area contributed by atoms with Crippen molar-refractivity contribution in [3.63, 3.8) is 0 Å². The highest BCUT2D eigenvalue weighted by atomic mass is 14.3. The van der Waals surface area contributed by atoms with Crippen LogP contribution in [0.3, 0.4) is 0 Å². The highest BCUT2D eigenvalue weighted by Crippen LogP contribution is 2.37. The molecule has 1 fully saturated rings. The fourth-order valence-corrected chi connectivity index (χ4v) is 6.33. The first-order valence-corrected chi connectivity index (χ1v) is 15.0. The van der Waals surface area contributed by atoms with Gasteiger partial charge in [-0.25, -0.2) is 0 Å². The summed E-state index contributed by atoms with van der Waals surface area (Å²) < 4.78 is 0. The van der Waals surface area contributed by atoms with Crippen molar-refractivity contribution in [1.82, 2.24) is 0 Å². The van der Waals surface area contributed by atoms with Gasteiger partial charge in [-0.15, -0.1) is 0 Å². The summed E-state index contributed by atoms with van der Waals surface area (Å²) in [5.41, 5.74) is 4.78. The van der Waals surface area contributed by atoms with Crippen molar-refractivity contribution in [3.8, 4) is 0 Å². The molecular weight excluding hydrogens is 396 g/mol. The molecule has 1 aromatic rings. The van der Waals surface area contributed by atoms with Gasteiger partial charge in [-0.05, 0) is 80.2 Å². The summed E-state index contributed by atoms with van der Waals surface area (Å²) in [5.74, 6) is 3.09. The third kappa shape index (κ3) is 10.4. The molecule has 0 aromatic heterocycles. The molecule has 0 heteroatoms. The van der Waals surface area contributed by atoms with E-state index in [0.29, 0.717) is 0 Å². The first-order valence-electron chi connectivity index (χ1n) is 15.0. The molecule has 2 aliphatic carbocycles. The number of hydrogen-bond donors (Lipinski definition) is 0. The summed E-state index contributed by atoms with van der Waals surface area (Å²) >= 11 is 0. The van der Waals surface area contributed by atoms with Crippen LogP contribution >= 0.6 is 0 Å². The van der Waals surface area contributed by atoms with Crippen LogP contribution in [0.1, 0.15) is 141 Å². The molecule has 0 N–H and O–H groups in total. The fourth-order valence-electron chi connectivity index (χ4n) is 6.33. The smallest absolute Gasteiger partial charge is 0.0241 e. The largest absolute Gasteiger partial charge is 0.0850 e. The number of unbranched alkanes of at least 4 members (excludes halogenated alkanes) is 5. The third-order valence-corrected chi connectivity index (χ3v) is 8.86. The summed E-state index contributed by atoms with van der Waals surface area (Å²) in [6.45, 7) is 4.61. The maximum Gasteiger partial charge on any atom is -0.0241 e. The molecule has 1 saturated carbocycles. The Bertz CT molecular complexity index is 643. The second-order valence-electron chi connectivity index (χ2n) is 11.6. The van der Waals surface area contributed by atoms with Crippen molar-refractivity contribution >= 4 is 0 Å². The Morgan fingerprint density at radius 1 is 0.576 bits per heavy atom. The zero-order valence-corrected chi connectivity index (χ0v) is 22.3. The van der Waals surface area contributed by atoms with Gasteiger partial charge in [0.1, 0.15) is 0 Å². The lowest BCUT2D eigenvalue weighted by atomic mass is 9.76. The Hall–Kier alpha value is -1.04. The molecule has 33 heavy (non-hydrogen) atoms. The average molecular weight is 451 g/mol. The number of aryl methyl sites for hydroxylation is 2. The van der Waals surface area contributed by atoms with E-state index in [-0.39, 0.29) is 0 Å². The summed E-state index contributed by atoms with van der Waals surface area (Å²) in [5, 5.41) is 0. The molecule has 0 nitrogen and oxygen atoms in total. The Morgan fingerprint density at radius 3 is 1.82 bits per heavy atom. The topological polar surface area (TPSA) is 0 Å². The van der Waals surface area contributed by atoms with E-state index in [4.69, 9.17) is 0 Å². The van der Waals surface area contributed by atoms with Gasteiger partial charge in [0.15, 0.2) is 0 Å². The maximum atomic E-state index is 2.63. The summed E-state index contributed by atoms with van der Waals surface area (Å²) in [6.07, 6.45) is 31.0. The minimum Gasteiger partial charge on any atom is -0.0850 e. The molecule has 0 aliphatic heterocycles. The Kier molecular flexibility index (Phi) is 12.7. The molecule has 3 rings (SSSR count). The molecule has 186 valence electrons. The van der Waals surface area contributed by atoms with Crippen LogP contribution in [-0.2, 0) is 12.8 Å². The van der Waals surface area contributed by atoms with Crippen molar-refractivity contribution < 1.29 is 0 Å². The van der Waals surface area contributed by atoms with Crippen molar-refractivity contribution in [1.29, 1.82) is 0 Å². The quantitative estimate of drug-likeness (QED) is 0.184. The zero-order valence-electron chi connectivity index (χ0n) is 22.3. The van der Waals surface area contributed by atoms with E-state index in [1.165, 1.54) is 140 Å². The molecule has 0 heterocycles. The zero-order chi connectivity index (χ0) is 23.1. The Balaban J connectivity index is 1.26. The summed E-state index contributed by atoms with van der Waals surface area (Å²) in [6, 6.07) is 9.51. The van der Waals surface area contributed by atoms with Gasteiger partial charge in [0.25, 0.3) is 0 Å². The highest BCUT2D eigenvalue weighted by molar-refractivity contribution is 5.23. The van der Waals surface area contributed by atoms with E-state index in [0.717, 1.165) is 17.8 Å². The van der Waals surface area contributed by atoms with Crippen molar-refractivity contribution in [3.05, 3.63) is 47.0 Å². The molecular formula is C33H54. The number of allylic oxidation sites excluding steroid dienone is 2. The van der Waals surface area contributed by atoms with Crippen molar-refractivity contribution in [2.45, 2.75) is 142 Å². The van der Waals surface area contributed by atoms with E-state index < -0.39 is 0 Å². The van der Waals surface area contributed by atoms with Crippen LogP contribution in [0.5, 0.6) is 0 Å². The normalized spacial score (nSPS) is 23.5. The number of hydrogen-bond acceptors (Lipinski definition) is 0. The minimum atomic E-state index is 0.975. The average Bonchev–Trinajstić information content (AvgIpc) is 2.86. The Morgan fingerprint density at radius 2 is 1.18 bits per heavy atom. The van der Waals surface area contributed by atoms with E-state index in [9.17, 15) is 0 Å². The van der Waals surface area contributed by atoms with Crippen LogP contribution in [0.25, 0.3) is 0 Å². The van der Waals surface area contributed by atoms with Gasteiger partial charge >= 0.3 is 0 Å². The van der Waals surface area contributed by atoms with Crippen molar-refractivity contribution in [2.75, 3.05) is 0 Å². The van der Waals surface area contributed by atoms with Gasteiger partial charge in [-0.3, -0.25) is 0 Å². The first kappa shape index (κ1) is 26.6. The van der Waals surface area contributed by atoms with Crippen LogP contribution in [0.2, 0.25) is 0 Å². The van der Waals surface area contributed by atoms with Crippen LogP contribution in [-0.4, -0.2) is 0 Å². The van der Waals surface area contributed by atoms with Gasteiger partial charge < -0.3 is 0 Å². The summed E-state index contributed by atoms with van der Waals surface area (Å²) in [4.78, 5) is 0. The lowest BCUT2D eigenvalue weighted by Crippen LogP contribution is -2.16. The standard InChI is InChI=1S/C33H54/c1-3-5-7-9-11-29-14-18-31(19-15-29)21-23-33-26-24-32(25-27-33)22-20-30-16-12-28(13-17-30)10-8-6-4-2/h12-13,16-17,24,29,31,33H,3-11,14-15,18-23,25-27H2,1-2H3. The van der Waals surface area contributed by atoms with Gasteiger partial charge in [0, 0.05) is 0 Å². The molecule has 1 unspecified atom stereocenters. The molecule has 1 atom stereocenters. The lowest BCUT2D eigenvalue weighted by Gasteiger charge is -2.30. The van der Waals surface area contributed by atoms with Crippen molar-refractivity contribution in [2.24, 2.45) is 17.8 Å². The lowest BCUT2D eigenvalue weighted by molar-refractivity contribution is 0.234. The maximum absolute atomic E-state index is 2.63. The molecule has 0 bridgehead atoms. The van der Waals surface area contributed by atoms with Gasteiger partial charge in [0.2, 0.25) is 0 Å².